The fourth-order valence-electron chi connectivity index (χ4n) is 0.208. The Kier molecular flexibility index (Phi) is 1.58. The van der Waals surface area contributed by atoms with Crippen LogP contribution in [-0.4, -0.2) is 11.8 Å². The van der Waals surface area contributed by atoms with Gasteiger partial charge in [-0.25, -0.2) is 0 Å². The Labute approximate surface area is 37.5 Å². The summed E-state index contributed by atoms with van der Waals surface area (Å²) in [5, 5.41) is 0. The third kappa shape index (κ3) is 1.08. The predicted octanol–water partition coefficient (Wildman–Crippen LogP) is 1.26. The Morgan fingerprint density at radius 1 is 1.80 bits per heavy atom. The van der Waals surface area contributed by atoms with Crippen LogP contribution in [0, 0.1) is 0 Å². The van der Waals surface area contributed by atoms with Crippen molar-refractivity contribution in [2.75, 3.05) is 11.8 Å². The zero-order chi connectivity index (χ0) is 3.54. The van der Waals surface area contributed by atoms with Crippen LogP contribution < -0.4 is 0 Å². The summed E-state index contributed by atoms with van der Waals surface area (Å²) in [5.74, 6) is 0. The van der Waals surface area contributed by atoms with E-state index in [0.717, 1.165) is 14.9 Å². The maximum atomic E-state index is 4.87. The minimum Gasteiger partial charge on any atom is -0.311 e. The van der Waals surface area contributed by atoms with Gasteiger partial charge in [-0.3, -0.25) is 0 Å². The topological polar surface area (TPSA) is 9.23 Å². The van der Waals surface area contributed by atoms with Gasteiger partial charge in [0.25, 0.3) is 0 Å². The molecule has 1 atom stereocenters. The lowest BCUT2D eigenvalue weighted by Gasteiger charge is -1.74. The molecule has 1 unspecified atom stereocenters. The minimum atomic E-state index is 0.991. The zero-order valence-corrected chi connectivity index (χ0v) is 4.55. The summed E-state index contributed by atoms with van der Waals surface area (Å²) in [4.78, 5) is 0. The first kappa shape index (κ1) is 3.91. The van der Waals surface area contributed by atoms with Crippen molar-refractivity contribution in [3.8, 4) is 0 Å². The Balaban J connectivity index is 2.08. The van der Waals surface area contributed by atoms with Crippen LogP contribution in [0.15, 0.2) is 0 Å². The van der Waals surface area contributed by atoms with E-state index in [2.05, 4.69) is 0 Å². The molecule has 5 heavy (non-hydrogen) atoms. The molecule has 0 bridgehead atoms. The second-order valence-electron chi connectivity index (χ2n) is 0.774. The molecule has 0 saturated carbocycles. The van der Waals surface area contributed by atoms with E-state index in [1.54, 1.807) is 12.0 Å². The number of hydrogen-bond acceptors (Lipinski definition) is 2. The van der Waals surface area contributed by atoms with E-state index in [1.807, 2.05) is 0 Å². The lowest BCUT2D eigenvalue weighted by molar-refractivity contribution is 0.472. The molecule has 0 radical (unpaired) electrons. The predicted molar refractivity (Wildman–Crippen MR) is 26.7 cm³/mol. The van der Waals surface area contributed by atoms with E-state index >= 15 is 0 Å². The van der Waals surface area contributed by atoms with E-state index in [9.17, 15) is 0 Å². The summed E-state index contributed by atoms with van der Waals surface area (Å²) in [6, 6.07) is 0. The Morgan fingerprint density at radius 2 is 2.80 bits per heavy atom. The van der Waals surface area contributed by atoms with Gasteiger partial charge >= 0.3 is 0 Å². The molecule has 0 amide bonds. The van der Waals surface area contributed by atoms with Gasteiger partial charge in [-0.2, -0.15) is 0 Å². The minimum absolute atomic E-state index is 0.991. The molecule has 1 aliphatic rings. The first-order valence-corrected chi connectivity index (χ1v) is 3.78. The van der Waals surface area contributed by atoms with Crippen LogP contribution in [0.1, 0.15) is 0 Å². The standard InChI is InChI=1S/C2H5OPS/c1-3-5-2-4-1/h4H,1-2H2. The van der Waals surface area contributed by atoms with Crippen LogP contribution in [0.3, 0.4) is 0 Å². The summed E-state index contributed by atoms with van der Waals surface area (Å²) >= 11 is 1.59. The smallest absolute Gasteiger partial charge is 0.0786 e. The molecular formula is C2H5OPS. The Morgan fingerprint density at radius 3 is 3.00 bits per heavy atom. The SMILES string of the molecule is C1OSCP1. The van der Waals surface area contributed by atoms with Crippen molar-refractivity contribution in [2.24, 2.45) is 0 Å². The highest BCUT2D eigenvalue weighted by molar-refractivity contribution is 8.00. The van der Waals surface area contributed by atoms with Crippen molar-refractivity contribution in [2.45, 2.75) is 0 Å². The molecule has 1 rings (SSSR count). The van der Waals surface area contributed by atoms with E-state index in [0.29, 0.717) is 0 Å². The third-order valence-electron chi connectivity index (χ3n) is 0.405. The summed E-state index contributed by atoms with van der Waals surface area (Å²) in [7, 11) is 1.05. The summed E-state index contributed by atoms with van der Waals surface area (Å²) in [6.45, 7) is 0. The zero-order valence-electron chi connectivity index (χ0n) is 2.73. The van der Waals surface area contributed by atoms with Gasteiger partial charge in [0.2, 0.25) is 0 Å². The van der Waals surface area contributed by atoms with Gasteiger partial charge in [0.15, 0.2) is 0 Å². The first-order valence-electron chi connectivity index (χ1n) is 1.45. The second kappa shape index (κ2) is 2.01. The van der Waals surface area contributed by atoms with Crippen LogP contribution in [0.4, 0.5) is 0 Å². The average molecular weight is 108 g/mol. The average Bonchev–Trinajstić information content (AvgIpc) is 1.76. The summed E-state index contributed by atoms with van der Waals surface area (Å²) < 4.78 is 4.87. The molecule has 0 aliphatic carbocycles. The van der Waals surface area contributed by atoms with E-state index < -0.39 is 0 Å². The van der Waals surface area contributed by atoms with Crippen LogP contribution in [-0.2, 0) is 4.18 Å². The lowest BCUT2D eigenvalue weighted by atomic mass is 11.7. The molecule has 1 fully saturated rings. The van der Waals surface area contributed by atoms with Crippen molar-refractivity contribution in [3.63, 3.8) is 0 Å². The summed E-state index contributed by atoms with van der Waals surface area (Å²) in [5.41, 5.74) is 1.22. The van der Waals surface area contributed by atoms with Crippen molar-refractivity contribution in [1.82, 2.24) is 0 Å². The first-order chi connectivity index (χ1) is 2.50. The molecule has 30 valence electrons. The van der Waals surface area contributed by atoms with Crippen molar-refractivity contribution >= 4 is 20.6 Å². The normalized spacial score (nSPS) is 28.8. The number of rotatable bonds is 0. The van der Waals surface area contributed by atoms with Crippen LogP contribution >= 0.6 is 20.6 Å². The monoisotopic (exact) mass is 108 g/mol. The fourth-order valence-corrected chi connectivity index (χ4v) is 1.88. The molecule has 0 aromatic rings. The highest BCUT2D eigenvalue weighted by Gasteiger charge is 1.95. The molecule has 1 saturated heterocycles. The maximum absolute atomic E-state index is 4.87. The maximum Gasteiger partial charge on any atom is 0.0786 e. The van der Waals surface area contributed by atoms with Crippen LogP contribution in [0.25, 0.3) is 0 Å². The number of hydrogen-bond donors (Lipinski definition) is 0. The summed E-state index contributed by atoms with van der Waals surface area (Å²) in [6.07, 6.45) is 0.991. The van der Waals surface area contributed by atoms with Gasteiger partial charge in [0.05, 0.1) is 6.35 Å². The van der Waals surface area contributed by atoms with Gasteiger partial charge < -0.3 is 4.18 Å². The third-order valence-corrected chi connectivity index (χ3v) is 2.54. The lowest BCUT2D eigenvalue weighted by Crippen LogP contribution is -1.57. The fraction of sp³-hybridized carbons (Fsp3) is 1.00. The molecule has 0 aromatic heterocycles. The molecule has 1 nitrogen and oxygen atoms in total. The molecule has 0 aromatic carbocycles. The van der Waals surface area contributed by atoms with Gasteiger partial charge in [0, 0.05) is 5.49 Å². The van der Waals surface area contributed by atoms with Gasteiger partial charge in [-0.05, 0) is 12.0 Å². The van der Waals surface area contributed by atoms with E-state index in [4.69, 9.17) is 4.18 Å². The molecule has 0 spiro atoms. The van der Waals surface area contributed by atoms with Gasteiger partial charge in [-0.1, -0.05) is 8.58 Å². The van der Waals surface area contributed by atoms with Crippen molar-refractivity contribution in [3.05, 3.63) is 0 Å². The Hall–Kier alpha value is 0.740. The van der Waals surface area contributed by atoms with Crippen LogP contribution in [0.2, 0.25) is 0 Å². The molecule has 1 heterocycles. The molecular weight excluding hydrogens is 103 g/mol. The Bertz CT molecular complexity index is 21.2. The molecule has 3 heteroatoms. The van der Waals surface area contributed by atoms with E-state index in [-0.39, 0.29) is 0 Å². The van der Waals surface area contributed by atoms with Crippen molar-refractivity contribution < 1.29 is 4.18 Å². The highest BCUT2D eigenvalue weighted by atomic mass is 32.2. The van der Waals surface area contributed by atoms with Crippen LogP contribution in [0.5, 0.6) is 0 Å². The van der Waals surface area contributed by atoms with Gasteiger partial charge in [-0.15, -0.1) is 0 Å². The highest BCUT2D eigenvalue weighted by Crippen LogP contribution is 2.28. The molecule has 1 aliphatic heterocycles. The van der Waals surface area contributed by atoms with E-state index in [1.165, 1.54) is 5.49 Å². The largest absolute Gasteiger partial charge is 0.311 e. The van der Waals surface area contributed by atoms with Gasteiger partial charge in [0.1, 0.15) is 0 Å². The quantitative estimate of drug-likeness (QED) is 0.341. The van der Waals surface area contributed by atoms with Crippen molar-refractivity contribution in [1.29, 1.82) is 0 Å². The molecule has 0 N–H and O–H groups in total. The second-order valence-corrected chi connectivity index (χ2v) is 3.19.